The number of alkyl halides is 1. The number of Topliss-reactive ketones (excluding diaryl/α,β-unsaturated/α-hetero) is 1. The van der Waals surface area contributed by atoms with E-state index in [1.54, 1.807) is 18.2 Å². The van der Waals surface area contributed by atoms with Crippen molar-refractivity contribution in [1.82, 2.24) is 0 Å². The van der Waals surface area contributed by atoms with Crippen LogP contribution >= 0.6 is 0 Å². The molecule has 0 aliphatic carbocycles. The monoisotopic (exact) mass is 210 g/mol. The van der Waals surface area contributed by atoms with E-state index in [9.17, 15) is 14.0 Å². The summed E-state index contributed by atoms with van der Waals surface area (Å²) in [6, 6.07) is 7.79. The average molecular weight is 210 g/mol. The lowest BCUT2D eigenvalue weighted by molar-refractivity contribution is -0.150. The van der Waals surface area contributed by atoms with E-state index < -0.39 is 17.4 Å². The van der Waals surface area contributed by atoms with E-state index in [1.165, 1.54) is 12.1 Å². The van der Waals surface area contributed by atoms with Crippen molar-refractivity contribution in [3.8, 4) is 0 Å². The van der Waals surface area contributed by atoms with Gasteiger partial charge < -0.3 is 4.74 Å². The summed E-state index contributed by atoms with van der Waals surface area (Å²) < 4.78 is 18.0. The number of carbonyl (C=O) groups excluding carboxylic acids is 2. The molecule has 1 unspecified atom stereocenters. The Balaban J connectivity index is 3.00. The van der Waals surface area contributed by atoms with E-state index in [1.807, 2.05) is 0 Å². The summed E-state index contributed by atoms with van der Waals surface area (Å²) in [6.45, 7) is 0.897. The lowest BCUT2D eigenvalue weighted by Gasteiger charge is -2.15. The maximum atomic E-state index is 13.7. The van der Waals surface area contributed by atoms with E-state index in [4.69, 9.17) is 0 Å². The van der Waals surface area contributed by atoms with Crippen molar-refractivity contribution in [1.29, 1.82) is 0 Å². The van der Waals surface area contributed by atoms with Crippen LogP contribution in [0.1, 0.15) is 17.3 Å². The Labute approximate surface area is 86.9 Å². The molecule has 0 heterocycles. The van der Waals surface area contributed by atoms with Gasteiger partial charge in [0.05, 0.1) is 7.11 Å². The quantitative estimate of drug-likeness (QED) is 0.434. The summed E-state index contributed by atoms with van der Waals surface area (Å²) in [4.78, 5) is 22.6. The molecule has 0 N–H and O–H groups in total. The third-order valence-corrected chi connectivity index (χ3v) is 2.03. The van der Waals surface area contributed by atoms with E-state index in [2.05, 4.69) is 4.74 Å². The number of hydrogen-bond acceptors (Lipinski definition) is 3. The van der Waals surface area contributed by atoms with Crippen LogP contribution in [-0.2, 0) is 9.53 Å². The number of carbonyl (C=O) groups is 2. The molecule has 1 aromatic rings. The van der Waals surface area contributed by atoms with Gasteiger partial charge in [0.1, 0.15) is 0 Å². The van der Waals surface area contributed by atoms with Gasteiger partial charge in [0.15, 0.2) is 0 Å². The molecule has 0 aliphatic heterocycles. The minimum Gasteiger partial charge on any atom is -0.466 e. The number of ketones is 1. The first kappa shape index (κ1) is 11.4. The van der Waals surface area contributed by atoms with Crippen molar-refractivity contribution < 1.29 is 18.7 Å². The highest BCUT2D eigenvalue weighted by Crippen LogP contribution is 2.19. The summed E-state index contributed by atoms with van der Waals surface area (Å²) in [5, 5.41) is 0. The van der Waals surface area contributed by atoms with E-state index in [-0.39, 0.29) is 5.56 Å². The fraction of sp³-hybridized carbons (Fsp3) is 0.273. The highest BCUT2D eigenvalue weighted by Gasteiger charge is 2.42. The van der Waals surface area contributed by atoms with Crippen LogP contribution in [0.25, 0.3) is 0 Å². The maximum Gasteiger partial charge on any atom is 0.351 e. The Bertz CT molecular complexity index is 371. The van der Waals surface area contributed by atoms with Crippen molar-refractivity contribution in [2.24, 2.45) is 0 Å². The van der Waals surface area contributed by atoms with Gasteiger partial charge in [-0.3, -0.25) is 4.79 Å². The van der Waals surface area contributed by atoms with Gasteiger partial charge in [0, 0.05) is 5.56 Å². The lowest BCUT2D eigenvalue weighted by Crippen LogP contribution is -2.40. The molecule has 1 atom stereocenters. The second kappa shape index (κ2) is 4.21. The zero-order valence-corrected chi connectivity index (χ0v) is 8.49. The topological polar surface area (TPSA) is 43.4 Å². The molecule has 0 saturated heterocycles. The minimum atomic E-state index is -2.63. The molecular weight excluding hydrogens is 199 g/mol. The fourth-order valence-corrected chi connectivity index (χ4v) is 1.14. The molecule has 0 bridgehead atoms. The van der Waals surface area contributed by atoms with Gasteiger partial charge in [-0.15, -0.1) is 0 Å². The highest BCUT2D eigenvalue weighted by molar-refractivity contribution is 6.14. The molecule has 4 heteroatoms. The molecule has 3 nitrogen and oxygen atoms in total. The molecule has 80 valence electrons. The normalized spacial score (nSPS) is 14.1. The Morgan fingerprint density at radius 2 is 1.80 bits per heavy atom. The number of benzene rings is 1. The summed E-state index contributed by atoms with van der Waals surface area (Å²) in [6.07, 6.45) is 0. The average Bonchev–Trinajstić information content (AvgIpc) is 2.28. The molecular formula is C11H11FO3. The Hall–Kier alpha value is -1.71. The van der Waals surface area contributed by atoms with Crippen molar-refractivity contribution in [3.05, 3.63) is 35.9 Å². The zero-order valence-electron chi connectivity index (χ0n) is 8.49. The predicted octanol–water partition coefficient (Wildman–Crippen LogP) is 1.77. The van der Waals surface area contributed by atoms with Crippen LogP contribution in [0, 0.1) is 0 Å². The van der Waals surface area contributed by atoms with Gasteiger partial charge in [0.25, 0.3) is 5.67 Å². The van der Waals surface area contributed by atoms with Crippen LogP contribution < -0.4 is 0 Å². The molecule has 0 radical (unpaired) electrons. The van der Waals surface area contributed by atoms with Crippen LogP contribution in [0.2, 0.25) is 0 Å². The van der Waals surface area contributed by atoms with E-state index >= 15 is 0 Å². The molecule has 0 aromatic heterocycles. The SMILES string of the molecule is COC(=O)C(C)(F)C(=O)c1ccccc1. The zero-order chi connectivity index (χ0) is 11.5. The Morgan fingerprint density at radius 3 is 2.27 bits per heavy atom. The first-order valence-corrected chi connectivity index (χ1v) is 4.37. The maximum absolute atomic E-state index is 13.7. The molecule has 0 amide bonds. The van der Waals surface area contributed by atoms with Crippen molar-refractivity contribution in [2.45, 2.75) is 12.6 Å². The third-order valence-electron chi connectivity index (χ3n) is 2.03. The molecule has 1 aromatic carbocycles. The summed E-state index contributed by atoms with van der Waals surface area (Å²) in [5.74, 6) is -2.08. The smallest absolute Gasteiger partial charge is 0.351 e. The van der Waals surface area contributed by atoms with Gasteiger partial charge in [-0.25, -0.2) is 9.18 Å². The van der Waals surface area contributed by atoms with Crippen LogP contribution in [0.15, 0.2) is 30.3 Å². The van der Waals surface area contributed by atoms with E-state index in [0.717, 1.165) is 14.0 Å². The molecule has 1 rings (SSSR count). The van der Waals surface area contributed by atoms with Gasteiger partial charge in [-0.1, -0.05) is 30.3 Å². The number of methoxy groups -OCH3 is 1. The van der Waals surface area contributed by atoms with Crippen LogP contribution in [0.4, 0.5) is 4.39 Å². The predicted molar refractivity (Wildman–Crippen MR) is 52.3 cm³/mol. The Morgan fingerprint density at radius 1 is 1.27 bits per heavy atom. The second-order valence-electron chi connectivity index (χ2n) is 3.19. The number of ether oxygens (including phenoxy) is 1. The highest BCUT2D eigenvalue weighted by atomic mass is 19.1. The summed E-state index contributed by atoms with van der Waals surface area (Å²) >= 11 is 0. The Kier molecular flexibility index (Phi) is 3.19. The third kappa shape index (κ3) is 2.21. The number of hydrogen-bond donors (Lipinski definition) is 0. The standard InChI is InChI=1S/C11H11FO3/c1-11(12,10(14)15-2)9(13)8-6-4-3-5-7-8/h3-7H,1-2H3. The number of rotatable bonds is 3. The molecule has 0 fully saturated rings. The van der Waals surface area contributed by atoms with E-state index in [0.29, 0.717) is 0 Å². The summed E-state index contributed by atoms with van der Waals surface area (Å²) in [7, 11) is 1.04. The lowest BCUT2D eigenvalue weighted by atomic mass is 9.97. The van der Waals surface area contributed by atoms with Crippen LogP contribution in [-0.4, -0.2) is 24.5 Å². The van der Waals surface area contributed by atoms with Gasteiger partial charge in [0.2, 0.25) is 5.78 Å². The van der Waals surface area contributed by atoms with Crippen molar-refractivity contribution in [2.75, 3.05) is 7.11 Å². The molecule has 0 saturated carbocycles. The van der Waals surface area contributed by atoms with Crippen molar-refractivity contribution >= 4 is 11.8 Å². The fourth-order valence-electron chi connectivity index (χ4n) is 1.14. The molecule has 0 spiro atoms. The van der Waals surface area contributed by atoms with Crippen LogP contribution in [0.3, 0.4) is 0 Å². The van der Waals surface area contributed by atoms with Crippen LogP contribution in [0.5, 0.6) is 0 Å². The van der Waals surface area contributed by atoms with Gasteiger partial charge >= 0.3 is 5.97 Å². The molecule has 0 aliphatic rings. The second-order valence-corrected chi connectivity index (χ2v) is 3.19. The van der Waals surface area contributed by atoms with Gasteiger partial charge in [-0.05, 0) is 6.92 Å². The first-order valence-electron chi connectivity index (χ1n) is 4.37. The summed E-state index contributed by atoms with van der Waals surface area (Å²) in [5.41, 5.74) is -2.48. The first-order chi connectivity index (χ1) is 7.00. The molecule has 15 heavy (non-hydrogen) atoms. The minimum absolute atomic E-state index is 0.146. The largest absolute Gasteiger partial charge is 0.466 e. The number of halogens is 1. The number of esters is 1. The van der Waals surface area contributed by atoms with Crippen molar-refractivity contribution in [3.63, 3.8) is 0 Å². The van der Waals surface area contributed by atoms with Gasteiger partial charge in [-0.2, -0.15) is 0 Å².